The van der Waals surface area contributed by atoms with E-state index in [1.54, 1.807) is 0 Å². The molecule has 0 N–H and O–H groups in total. The highest BCUT2D eigenvalue weighted by molar-refractivity contribution is 5.22. The molecule has 0 bridgehead atoms. The molecule has 1 heterocycles. The van der Waals surface area contributed by atoms with E-state index in [1.165, 1.54) is 5.56 Å². The minimum absolute atomic E-state index is 0.811. The van der Waals surface area contributed by atoms with E-state index in [4.69, 9.17) is 0 Å². The molecule has 3 heteroatoms. The summed E-state index contributed by atoms with van der Waals surface area (Å²) in [5, 5.41) is 7.27. The summed E-state index contributed by atoms with van der Waals surface area (Å²) in [6, 6.07) is 3.90. The van der Waals surface area contributed by atoms with Crippen molar-refractivity contribution in [1.82, 2.24) is 4.57 Å². The average molecular weight is 149 g/mol. The smallest absolute Gasteiger partial charge is 0.154 e. The third kappa shape index (κ3) is 1.77. The monoisotopic (exact) mass is 149 g/mol. The molecule has 0 saturated carbocycles. The highest BCUT2D eigenvalue weighted by Gasteiger charge is 1.86. The first-order valence-electron chi connectivity index (χ1n) is 3.37. The van der Waals surface area contributed by atoms with Gasteiger partial charge in [-0.15, -0.1) is 5.10 Å². The fourth-order valence-corrected chi connectivity index (χ4v) is 0.914. The lowest BCUT2D eigenvalue weighted by Crippen LogP contribution is -2.15. The van der Waals surface area contributed by atoms with Crippen molar-refractivity contribution in [2.45, 2.75) is 6.92 Å². The molecular formula is C8H11N3. The number of hydrogen-bond acceptors (Lipinski definition) is 2. The van der Waals surface area contributed by atoms with E-state index in [-0.39, 0.29) is 0 Å². The Balaban J connectivity index is 3.30. The highest BCUT2D eigenvalue weighted by atomic mass is 15.2. The minimum atomic E-state index is 0.811. The van der Waals surface area contributed by atoms with Crippen LogP contribution in [-0.2, 0) is 7.05 Å². The normalized spacial score (nSPS) is 11.6. The van der Waals surface area contributed by atoms with Gasteiger partial charge in [-0.1, -0.05) is 6.07 Å². The maximum Gasteiger partial charge on any atom is 0.154 e. The predicted molar refractivity (Wildman–Crippen MR) is 45.3 cm³/mol. The quantitative estimate of drug-likeness (QED) is 0.418. The largest absolute Gasteiger partial charge is 0.334 e. The maximum atomic E-state index is 3.82. The summed E-state index contributed by atoms with van der Waals surface area (Å²) < 4.78 is 1.91. The second-order valence-corrected chi connectivity index (χ2v) is 2.42. The molecule has 1 aromatic rings. The van der Waals surface area contributed by atoms with Gasteiger partial charge < -0.3 is 4.57 Å². The van der Waals surface area contributed by atoms with E-state index >= 15 is 0 Å². The van der Waals surface area contributed by atoms with E-state index in [0.29, 0.717) is 0 Å². The van der Waals surface area contributed by atoms with Gasteiger partial charge in [-0.05, 0) is 18.6 Å². The lowest BCUT2D eigenvalue weighted by atomic mass is 10.3. The molecule has 0 fully saturated rings. The molecule has 0 amide bonds. The molecule has 11 heavy (non-hydrogen) atoms. The Hall–Kier alpha value is -1.38. The summed E-state index contributed by atoms with van der Waals surface area (Å²) in [6.07, 6.45) is 1.99. The van der Waals surface area contributed by atoms with Crippen LogP contribution in [0, 0.1) is 6.92 Å². The zero-order valence-electron chi connectivity index (χ0n) is 6.78. The minimum Gasteiger partial charge on any atom is -0.334 e. The zero-order valence-corrected chi connectivity index (χ0v) is 6.78. The van der Waals surface area contributed by atoms with Crippen molar-refractivity contribution >= 4 is 6.72 Å². The Morgan fingerprint density at radius 3 is 2.73 bits per heavy atom. The van der Waals surface area contributed by atoms with Crippen molar-refractivity contribution in [1.29, 1.82) is 0 Å². The van der Waals surface area contributed by atoms with Crippen molar-refractivity contribution in [3.05, 3.63) is 29.4 Å². The Kier molecular flexibility index (Phi) is 2.21. The zero-order chi connectivity index (χ0) is 8.27. The third-order valence-corrected chi connectivity index (χ3v) is 1.43. The SMILES string of the molecule is C=N/N=c1/ccc(C)cn1C. The maximum absolute atomic E-state index is 3.82. The van der Waals surface area contributed by atoms with Crippen molar-refractivity contribution in [2.24, 2.45) is 17.3 Å². The molecule has 0 spiro atoms. The van der Waals surface area contributed by atoms with Crippen molar-refractivity contribution in [3.63, 3.8) is 0 Å². The van der Waals surface area contributed by atoms with Crippen LogP contribution in [0.4, 0.5) is 0 Å². The Morgan fingerprint density at radius 1 is 1.45 bits per heavy atom. The van der Waals surface area contributed by atoms with Gasteiger partial charge in [0.05, 0.1) is 0 Å². The lowest BCUT2D eigenvalue weighted by molar-refractivity contribution is 0.810. The molecule has 58 valence electrons. The van der Waals surface area contributed by atoms with Crippen LogP contribution in [0.2, 0.25) is 0 Å². The van der Waals surface area contributed by atoms with Gasteiger partial charge in [-0.2, -0.15) is 5.10 Å². The molecule has 0 aliphatic carbocycles. The Bertz CT molecular complexity index is 322. The second kappa shape index (κ2) is 3.14. The van der Waals surface area contributed by atoms with Gasteiger partial charge >= 0.3 is 0 Å². The summed E-state index contributed by atoms with van der Waals surface area (Å²) in [4.78, 5) is 0. The van der Waals surface area contributed by atoms with Crippen molar-refractivity contribution in [3.8, 4) is 0 Å². The van der Waals surface area contributed by atoms with E-state index in [0.717, 1.165) is 5.49 Å². The first kappa shape index (κ1) is 7.72. The first-order valence-corrected chi connectivity index (χ1v) is 3.37. The topological polar surface area (TPSA) is 29.6 Å². The van der Waals surface area contributed by atoms with Crippen LogP contribution >= 0.6 is 0 Å². The lowest BCUT2D eigenvalue weighted by Gasteiger charge is -1.98. The van der Waals surface area contributed by atoms with Gasteiger partial charge in [0.25, 0.3) is 0 Å². The van der Waals surface area contributed by atoms with Crippen LogP contribution in [0.3, 0.4) is 0 Å². The molecule has 1 rings (SSSR count). The first-order chi connectivity index (χ1) is 5.24. The van der Waals surface area contributed by atoms with Gasteiger partial charge in [0.2, 0.25) is 0 Å². The van der Waals surface area contributed by atoms with E-state index in [9.17, 15) is 0 Å². The number of nitrogens with zero attached hydrogens (tertiary/aromatic N) is 3. The number of rotatable bonds is 1. The fourth-order valence-electron chi connectivity index (χ4n) is 0.914. The fraction of sp³-hybridized carbons (Fsp3) is 0.250. The number of hydrogen-bond donors (Lipinski definition) is 0. The molecule has 0 saturated heterocycles. The molecule has 0 aliphatic heterocycles. The summed E-state index contributed by atoms with van der Waals surface area (Å²) in [5.74, 6) is 0. The summed E-state index contributed by atoms with van der Waals surface area (Å²) in [5.41, 5.74) is 2.01. The van der Waals surface area contributed by atoms with Crippen LogP contribution < -0.4 is 5.49 Å². The standard InChI is InChI=1S/C8H11N3/c1-7-4-5-8(10-9-2)11(3)6-7/h4-6H,2H2,1,3H3/b10-8-. The van der Waals surface area contributed by atoms with Crippen molar-refractivity contribution < 1.29 is 0 Å². The molecule has 0 unspecified atom stereocenters. The second-order valence-electron chi connectivity index (χ2n) is 2.42. The Labute approximate surface area is 65.7 Å². The van der Waals surface area contributed by atoms with Crippen LogP contribution in [-0.4, -0.2) is 11.3 Å². The molecule has 0 aliphatic rings. The average Bonchev–Trinajstić information content (AvgIpc) is 1.95. The molecule has 0 radical (unpaired) electrons. The van der Waals surface area contributed by atoms with Crippen molar-refractivity contribution in [2.75, 3.05) is 0 Å². The van der Waals surface area contributed by atoms with Crippen LogP contribution in [0.25, 0.3) is 0 Å². The summed E-state index contributed by atoms with van der Waals surface area (Å²) >= 11 is 0. The number of aryl methyl sites for hydroxylation is 2. The predicted octanol–water partition coefficient (Wildman–Crippen LogP) is 0.850. The van der Waals surface area contributed by atoms with E-state index in [1.807, 2.05) is 36.9 Å². The van der Waals surface area contributed by atoms with Gasteiger partial charge in [0.1, 0.15) is 0 Å². The summed E-state index contributed by atoms with van der Waals surface area (Å²) in [6.45, 7) is 5.32. The molecule has 3 nitrogen and oxygen atoms in total. The van der Waals surface area contributed by atoms with Gasteiger partial charge in [0, 0.05) is 20.0 Å². The van der Waals surface area contributed by atoms with Gasteiger partial charge in [-0.3, -0.25) is 0 Å². The molecule has 1 aromatic heterocycles. The van der Waals surface area contributed by atoms with Gasteiger partial charge in [-0.25, -0.2) is 0 Å². The summed E-state index contributed by atoms with van der Waals surface area (Å²) in [7, 11) is 1.93. The number of aromatic nitrogens is 1. The molecular weight excluding hydrogens is 138 g/mol. The van der Waals surface area contributed by atoms with Crippen LogP contribution in [0.1, 0.15) is 5.56 Å². The number of pyridine rings is 1. The van der Waals surface area contributed by atoms with E-state index in [2.05, 4.69) is 16.9 Å². The van der Waals surface area contributed by atoms with Crippen LogP contribution in [0.15, 0.2) is 28.5 Å². The molecule has 0 atom stereocenters. The highest BCUT2D eigenvalue weighted by Crippen LogP contribution is 1.89. The third-order valence-electron chi connectivity index (χ3n) is 1.43. The van der Waals surface area contributed by atoms with Crippen LogP contribution in [0.5, 0.6) is 0 Å². The van der Waals surface area contributed by atoms with E-state index < -0.39 is 0 Å². The molecule has 0 aromatic carbocycles. The Morgan fingerprint density at radius 2 is 2.18 bits per heavy atom. The van der Waals surface area contributed by atoms with Gasteiger partial charge in [0.15, 0.2) is 5.49 Å².